The number of hydrogen-bond acceptors (Lipinski definition) is 7. The van der Waals surface area contributed by atoms with Crippen molar-refractivity contribution < 1.29 is 31.7 Å². The Balaban J connectivity index is 1.36. The van der Waals surface area contributed by atoms with Gasteiger partial charge < -0.3 is 9.47 Å². The maximum Gasteiger partial charge on any atom is 0.310 e. The highest BCUT2D eigenvalue weighted by atomic mass is 32.2. The molecule has 2 heterocycles. The van der Waals surface area contributed by atoms with Crippen molar-refractivity contribution in [3.63, 3.8) is 0 Å². The number of carbonyl (C=O) groups excluding carboxylic acids is 2. The highest BCUT2D eigenvalue weighted by molar-refractivity contribution is 7.86. The molecule has 5 fully saturated rings. The van der Waals surface area contributed by atoms with E-state index in [1.165, 1.54) is 0 Å². The van der Waals surface area contributed by atoms with Gasteiger partial charge in [-0.15, -0.1) is 0 Å². The van der Waals surface area contributed by atoms with Crippen LogP contribution in [0, 0.1) is 35.5 Å². The monoisotopic (exact) mass is 356 g/mol. The molecule has 3 aliphatic carbocycles. The van der Waals surface area contributed by atoms with E-state index in [4.69, 9.17) is 13.7 Å². The van der Waals surface area contributed by atoms with Crippen LogP contribution in [-0.4, -0.2) is 44.4 Å². The van der Waals surface area contributed by atoms with Crippen LogP contribution in [0.5, 0.6) is 0 Å². The number of rotatable bonds is 2. The predicted octanol–water partition coefficient (Wildman–Crippen LogP) is 0.480. The second kappa shape index (κ2) is 4.72. The fourth-order valence-corrected chi connectivity index (χ4v) is 7.39. The van der Waals surface area contributed by atoms with Gasteiger partial charge in [0.15, 0.2) is 0 Å². The van der Waals surface area contributed by atoms with E-state index in [1.54, 1.807) is 0 Å². The van der Waals surface area contributed by atoms with Crippen molar-refractivity contribution in [1.82, 2.24) is 0 Å². The van der Waals surface area contributed by atoms with E-state index >= 15 is 0 Å². The molecule has 132 valence electrons. The standard InChI is InChI=1S/C16H20O7S/c1-6-2-8-5-24(19,20)23-13(6)14(8)22-15(17)11-7-3-9-10(4-7)21-16(18)12(9)11/h6-14H,2-5H2,1H3. The van der Waals surface area contributed by atoms with Gasteiger partial charge in [0.25, 0.3) is 10.1 Å². The third kappa shape index (κ3) is 1.95. The highest BCUT2D eigenvalue weighted by Gasteiger charge is 2.65. The molecular formula is C16H20O7S. The van der Waals surface area contributed by atoms with E-state index in [-0.39, 0.29) is 53.4 Å². The summed E-state index contributed by atoms with van der Waals surface area (Å²) in [4.78, 5) is 24.8. The van der Waals surface area contributed by atoms with Gasteiger partial charge in [0.05, 0.1) is 17.6 Å². The van der Waals surface area contributed by atoms with E-state index in [0.29, 0.717) is 6.42 Å². The zero-order valence-corrected chi connectivity index (χ0v) is 14.1. The summed E-state index contributed by atoms with van der Waals surface area (Å²) in [5, 5.41) is 0. The Kier molecular flexibility index (Phi) is 2.98. The van der Waals surface area contributed by atoms with Crippen LogP contribution in [0.1, 0.15) is 26.2 Å². The van der Waals surface area contributed by atoms with Gasteiger partial charge in [-0.25, -0.2) is 0 Å². The molecule has 4 bridgehead atoms. The molecule has 8 heteroatoms. The zero-order valence-electron chi connectivity index (χ0n) is 13.3. The molecular weight excluding hydrogens is 336 g/mol. The van der Waals surface area contributed by atoms with Crippen molar-refractivity contribution in [3.8, 4) is 0 Å². The summed E-state index contributed by atoms with van der Waals surface area (Å²) >= 11 is 0. The van der Waals surface area contributed by atoms with Crippen molar-refractivity contribution in [1.29, 1.82) is 0 Å². The number of hydrogen-bond donors (Lipinski definition) is 0. The molecule has 9 unspecified atom stereocenters. The molecule has 0 amide bonds. The Morgan fingerprint density at radius 1 is 1.21 bits per heavy atom. The molecule has 3 saturated carbocycles. The summed E-state index contributed by atoms with van der Waals surface area (Å²) in [5.74, 6) is -1.44. The molecule has 0 aromatic carbocycles. The number of fused-ring (bicyclic) bond motifs is 3. The first-order valence-corrected chi connectivity index (χ1v) is 10.2. The average molecular weight is 356 g/mol. The van der Waals surface area contributed by atoms with E-state index < -0.39 is 28.2 Å². The van der Waals surface area contributed by atoms with Crippen LogP contribution in [0.2, 0.25) is 0 Å². The lowest BCUT2D eigenvalue weighted by molar-refractivity contribution is -0.166. The minimum atomic E-state index is -3.53. The normalized spacial score (nSPS) is 53.2. The first kappa shape index (κ1) is 15.1. The molecule has 5 rings (SSSR count). The van der Waals surface area contributed by atoms with Gasteiger partial charge in [-0.1, -0.05) is 6.92 Å². The van der Waals surface area contributed by atoms with Gasteiger partial charge >= 0.3 is 11.9 Å². The van der Waals surface area contributed by atoms with Crippen LogP contribution in [-0.2, 0) is 33.4 Å². The van der Waals surface area contributed by atoms with Gasteiger partial charge in [0, 0.05) is 11.8 Å². The van der Waals surface area contributed by atoms with E-state index in [9.17, 15) is 18.0 Å². The summed E-state index contributed by atoms with van der Waals surface area (Å²) in [7, 11) is -3.53. The average Bonchev–Trinajstić information content (AvgIpc) is 3.13. The first-order valence-electron chi connectivity index (χ1n) is 8.66. The van der Waals surface area contributed by atoms with Crippen LogP contribution in [0.25, 0.3) is 0 Å². The molecule has 0 aromatic rings. The highest BCUT2D eigenvalue weighted by Crippen LogP contribution is 2.58. The number of carbonyl (C=O) groups is 2. The Bertz CT molecular complexity index is 714. The Labute approximate surface area is 140 Å². The fourth-order valence-electron chi connectivity index (χ4n) is 5.82. The van der Waals surface area contributed by atoms with Crippen LogP contribution in [0.3, 0.4) is 0 Å². The van der Waals surface area contributed by atoms with E-state index in [0.717, 1.165) is 12.8 Å². The van der Waals surface area contributed by atoms with Crippen LogP contribution in [0.4, 0.5) is 0 Å². The SMILES string of the molecule is CC1CC2CS(=O)(=O)OC1C2OC(=O)C1C2CC3OC(=O)C1C3C2. The smallest absolute Gasteiger partial charge is 0.310 e. The second-order valence-corrected chi connectivity index (χ2v) is 9.72. The van der Waals surface area contributed by atoms with Gasteiger partial charge in [0.2, 0.25) is 0 Å². The number of esters is 2. The molecule has 5 aliphatic rings. The largest absolute Gasteiger partial charge is 0.462 e. The molecule has 7 nitrogen and oxygen atoms in total. The van der Waals surface area contributed by atoms with Crippen LogP contribution in [0.15, 0.2) is 0 Å². The van der Waals surface area contributed by atoms with E-state index in [1.807, 2.05) is 6.92 Å². The van der Waals surface area contributed by atoms with E-state index in [2.05, 4.69) is 0 Å². The Morgan fingerprint density at radius 3 is 2.75 bits per heavy atom. The lowest BCUT2D eigenvalue weighted by Crippen LogP contribution is -2.46. The topological polar surface area (TPSA) is 96.0 Å². The van der Waals surface area contributed by atoms with Crippen molar-refractivity contribution in [2.45, 2.75) is 44.5 Å². The van der Waals surface area contributed by atoms with Crippen LogP contribution >= 0.6 is 0 Å². The lowest BCUT2D eigenvalue weighted by Gasteiger charge is -2.32. The molecule has 9 atom stereocenters. The van der Waals surface area contributed by atoms with Crippen molar-refractivity contribution in [2.24, 2.45) is 35.5 Å². The maximum absolute atomic E-state index is 12.8. The van der Waals surface area contributed by atoms with Crippen molar-refractivity contribution >= 4 is 22.1 Å². The van der Waals surface area contributed by atoms with Gasteiger partial charge in [0.1, 0.15) is 18.3 Å². The summed E-state index contributed by atoms with van der Waals surface area (Å²) in [6.45, 7) is 1.92. The molecule has 0 radical (unpaired) electrons. The van der Waals surface area contributed by atoms with Crippen molar-refractivity contribution in [2.75, 3.05) is 5.75 Å². The number of ether oxygens (including phenoxy) is 2. The second-order valence-electron chi connectivity index (χ2n) is 8.08. The third-order valence-corrected chi connectivity index (χ3v) is 8.06. The Hall–Kier alpha value is -1.15. The molecule has 0 N–H and O–H groups in total. The summed E-state index contributed by atoms with van der Waals surface area (Å²) in [6, 6.07) is 0. The molecule has 0 aromatic heterocycles. The third-order valence-electron chi connectivity index (χ3n) is 6.71. The first-order chi connectivity index (χ1) is 11.3. The fraction of sp³-hybridized carbons (Fsp3) is 0.875. The summed E-state index contributed by atoms with van der Waals surface area (Å²) in [6.07, 6.45) is 1.12. The maximum atomic E-state index is 12.8. The molecule has 24 heavy (non-hydrogen) atoms. The summed E-state index contributed by atoms with van der Waals surface area (Å²) < 4.78 is 39.8. The van der Waals surface area contributed by atoms with Crippen molar-refractivity contribution in [3.05, 3.63) is 0 Å². The minimum absolute atomic E-state index is 0.0177. The lowest BCUT2D eigenvalue weighted by atomic mass is 9.80. The summed E-state index contributed by atoms with van der Waals surface area (Å²) in [5.41, 5.74) is 0. The molecule has 2 saturated heterocycles. The Morgan fingerprint density at radius 2 is 2.00 bits per heavy atom. The van der Waals surface area contributed by atoms with Gasteiger partial charge in [-0.2, -0.15) is 8.42 Å². The van der Waals surface area contributed by atoms with Gasteiger partial charge in [-0.05, 0) is 31.1 Å². The minimum Gasteiger partial charge on any atom is -0.462 e. The predicted molar refractivity (Wildman–Crippen MR) is 78.9 cm³/mol. The zero-order chi connectivity index (χ0) is 16.8. The quantitative estimate of drug-likeness (QED) is 0.524. The van der Waals surface area contributed by atoms with Gasteiger partial charge in [-0.3, -0.25) is 13.8 Å². The molecule has 0 spiro atoms. The van der Waals surface area contributed by atoms with Crippen LogP contribution < -0.4 is 0 Å². The molecule has 2 aliphatic heterocycles.